The second-order valence-corrected chi connectivity index (χ2v) is 11.3. The molecular formula is C20H12Cl2O6S2. The Labute approximate surface area is 181 Å². The van der Waals surface area contributed by atoms with Gasteiger partial charge in [0.05, 0.1) is 9.79 Å². The van der Waals surface area contributed by atoms with Crippen molar-refractivity contribution in [3.63, 3.8) is 0 Å². The molecule has 0 amide bonds. The van der Waals surface area contributed by atoms with E-state index in [4.69, 9.17) is 21.4 Å². The van der Waals surface area contributed by atoms with Crippen molar-refractivity contribution in [2.45, 2.75) is 9.79 Å². The van der Waals surface area contributed by atoms with Crippen LogP contribution in [0, 0.1) is 0 Å². The molecule has 0 fully saturated rings. The van der Waals surface area contributed by atoms with E-state index in [1.807, 2.05) is 0 Å². The lowest BCUT2D eigenvalue weighted by Crippen LogP contribution is -2.06. The molecule has 3 rings (SSSR count). The highest BCUT2D eigenvalue weighted by Crippen LogP contribution is 2.21. The Bertz CT molecular complexity index is 1260. The summed E-state index contributed by atoms with van der Waals surface area (Å²) < 4.78 is 45.8. The summed E-state index contributed by atoms with van der Waals surface area (Å²) in [4.78, 5) is 24.9. The molecule has 0 aliphatic heterocycles. The van der Waals surface area contributed by atoms with Crippen LogP contribution in [0.15, 0.2) is 82.6 Å². The van der Waals surface area contributed by atoms with Crippen LogP contribution in [-0.2, 0) is 18.1 Å². The topological polar surface area (TPSA) is 102 Å². The maximum atomic E-state index is 12.6. The van der Waals surface area contributed by atoms with Gasteiger partial charge in [0, 0.05) is 43.6 Å². The van der Waals surface area contributed by atoms with Crippen molar-refractivity contribution in [2.75, 3.05) is 0 Å². The molecule has 0 saturated carbocycles. The quantitative estimate of drug-likeness (QED) is 0.388. The van der Waals surface area contributed by atoms with Gasteiger partial charge in [0.15, 0.2) is 11.6 Å². The van der Waals surface area contributed by atoms with Crippen molar-refractivity contribution in [3.05, 3.63) is 95.1 Å². The second-order valence-electron chi connectivity index (χ2n) is 6.17. The zero-order chi connectivity index (χ0) is 22.1. The summed E-state index contributed by atoms with van der Waals surface area (Å²) in [6, 6.07) is 16.3. The summed E-state index contributed by atoms with van der Waals surface area (Å²) >= 11 is 0. The standard InChI is InChI=1S/C20H12Cl2O6S2/c21-29(25,26)17-5-1-3-15(11-17)19(23)13-7-9-14(10-8-13)20(24)16-4-2-6-18(12-16)30(22,27)28/h1-12H. The highest BCUT2D eigenvalue weighted by Gasteiger charge is 2.17. The normalized spacial score (nSPS) is 11.8. The van der Waals surface area contributed by atoms with Crippen LogP contribution in [0.2, 0.25) is 0 Å². The van der Waals surface area contributed by atoms with E-state index < -0.39 is 29.7 Å². The molecule has 154 valence electrons. The van der Waals surface area contributed by atoms with Gasteiger partial charge in [-0.05, 0) is 24.3 Å². The summed E-state index contributed by atoms with van der Waals surface area (Å²) in [5.74, 6) is -0.905. The highest BCUT2D eigenvalue weighted by molar-refractivity contribution is 8.14. The SMILES string of the molecule is O=C(c1ccc(C(=O)c2cccc(S(=O)(=O)Cl)c2)cc1)c1cccc(S(=O)(=O)Cl)c1. The van der Waals surface area contributed by atoms with Gasteiger partial charge in [0.1, 0.15) is 0 Å². The van der Waals surface area contributed by atoms with Crippen LogP contribution in [-0.4, -0.2) is 28.4 Å². The van der Waals surface area contributed by atoms with E-state index in [0.29, 0.717) is 0 Å². The van der Waals surface area contributed by atoms with Crippen molar-refractivity contribution in [2.24, 2.45) is 0 Å². The molecule has 0 spiro atoms. The molecule has 0 aliphatic carbocycles. The number of benzene rings is 3. The van der Waals surface area contributed by atoms with Crippen molar-refractivity contribution >= 4 is 51.0 Å². The van der Waals surface area contributed by atoms with Gasteiger partial charge in [-0.25, -0.2) is 16.8 Å². The molecule has 0 saturated heterocycles. The Morgan fingerprint density at radius 3 is 1.17 bits per heavy atom. The van der Waals surface area contributed by atoms with Crippen molar-refractivity contribution < 1.29 is 26.4 Å². The summed E-state index contributed by atoms with van der Waals surface area (Å²) in [5, 5.41) is 0. The average Bonchev–Trinajstić information content (AvgIpc) is 2.72. The van der Waals surface area contributed by atoms with Gasteiger partial charge in [0.25, 0.3) is 18.1 Å². The minimum Gasteiger partial charge on any atom is -0.289 e. The molecule has 0 unspecified atom stereocenters. The Morgan fingerprint density at radius 1 is 0.533 bits per heavy atom. The largest absolute Gasteiger partial charge is 0.289 e. The molecule has 0 radical (unpaired) electrons. The number of ketones is 2. The van der Waals surface area contributed by atoms with Crippen LogP contribution in [0.1, 0.15) is 31.8 Å². The number of carbonyl (C=O) groups excluding carboxylic acids is 2. The number of halogens is 2. The summed E-state index contributed by atoms with van der Waals surface area (Å²) in [6.07, 6.45) is 0. The first-order valence-corrected chi connectivity index (χ1v) is 12.9. The fraction of sp³-hybridized carbons (Fsp3) is 0. The number of hydrogen-bond donors (Lipinski definition) is 0. The zero-order valence-electron chi connectivity index (χ0n) is 15.0. The molecule has 30 heavy (non-hydrogen) atoms. The van der Waals surface area contributed by atoms with E-state index in [-0.39, 0.29) is 32.0 Å². The molecule has 0 heterocycles. The number of carbonyl (C=O) groups is 2. The minimum atomic E-state index is -3.98. The van der Waals surface area contributed by atoms with Gasteiger partial charge < -0.3 is 0 Å². The lowest BCUT2D eigenvalue weighted by Gasteiger charge is -2.06. The van der Waals surface area contributed by atoms with E-state index in [1.54, 1.807) is 0 Å². The van der Waals surface area contributed by atoms with Crippen molar-refractivity contribution in [1.82, 2.24) is 0 Å². The third-order valence-electron chi connectivity index (χ3n) is 4.16. The Morgan fingerprint density at radius 2 is 0.867 bits per heavy atom. The number of hydrogen-bond acceptors (Lipinski definition) is 6. The van der Waals surface area contributed by atoms with Gasteiger partial charge in [-0.15, -0.1) is 0 Å². The number of rotatable bonds is 6. The molecule has 0 aliphatic rings. The summed E-state index contributed by atoms with van der Waals surface area (Å²) in [5.41, 5.74) is 0.701. The maximum absolute atomic E-state index is 12.6. The average molecular weight is 483 g/mol. The maximum Gasteiger partial charge on any atom is 0.261 e. The lowest BCUT2D eigenvalue weighted by molar-refractivity contribution is 0.102. The fourth-order valence-electron chi connectivity index (χ4n) is 2.68. The van der Waals surface area contributed by atoms with E-state index >= 15 is 0 Å². The van der Waals surface area contributed by atoms with Crippen molar-refractivity contribution in [1.29, 1.82) is 0 Å². The van der Waals surface area contributed by atoms with Crippen LogP contribution in [0.5, 0.6) is 0 Å². The summed E-state index contributed by atoms with van der Waals surface area (Å²) in [6.45, 7) is 0. The van der Waals surface area contributed by atoms with Gasteiger partial charge in [0.2, 0.25) is 0 Å². The Hall–Kier alpha value is -2.52. The Balaban J connectivity index is 1.88. The predicted molar refractivity (Wildman–Crippen MR) is 112 cm³/mol. The van der Waals surface area contributed by atoms with E-state index in [1.165, 1.54) is 72.8 Å². The smallest absolute Gasteiger partial charge is 0.261 e. The molecule has 3 aromatic rings. The summed E-state index contributed by atoms with van der Waals surface area (Å²) in [7, 11) is 2.66. The van der Waals surface area contributed by atoms with E-state index in [2.05, 4.69) is 0 Å². The first-order chi connectivity index (χ1) is 14.0. The van der Waals surface area contributed by atoms with Crippen molar-refractivity contribution in [3.8, 4) is 0 Å². The molecule has 0 N–H and O–H groups in total. The monoisotopic (exact) mass is 482 g/mol. The van der Waals surface area contributed by atoms with Gasteiger partial charge in [-0.3, -0.25) is 9.59 Å². The fourth-order valence-corrected chi connectivity index (χ4v) is 4.28. The molecule has 0 atom stereocenters. The van der Waals surface area contributed by atoms with E-state index in [9.17, 15) is 26.4 Å². The van der Waals surface area contributed by atoms with Crippen LogP contribution in [0.3, 0.4) is 0 Å². The minimum absolute atomic E-state index is 0.121. The molecule has 10 heteroatoms. The molecular weight excluding hydrogens is 471 g/mol. The van der Waals surface area contributed by atoms with Gasteiger partial charge >= 0.3 is 0 Å². The van der Waals surface area contributed by atoms with Crippen LogP contribution in [0.4, 0.5) is 0 Å². The van der Waals surface area contributed by atoms with Crippen LogP contribution < -0.4 is 0 Å². The third kappa shape index (κ3) is 4.96. The van der Waals surface area contributed by atoms with Crippen LogP contribution >= 0.6 is 21.4 Å². The van der Waals surface area contributed by atoms with E-state index in [0.717, 1.165) is 0 Å². The molecule has 3 aromatic carbocycles. The van der Waals surface area contributed by atoms with Crippen LogP contribution in [0.25, 0.3) is 0 Å². The predicted octanol–water partition coefficient (Wildman–Crippen LogP) is 4.00. The highest BCUT2D eigenvalue weighted by atomic mass is 35.7. The molecule has 6 nitrogen and oxygen atoms in total. The second kappa shape index (κ2) is 8.31. The first-order valence-electron chi connectivity index (χ1n) is 8.26. The third-order valence-corrected chi connectivity index (χ3v) is 6.87. The van der Waals surface area contributed by atoms with Gasteiger partial charge in [-0.2, -0.15) is 0 Å². The lowest BCUT2D eigenvalue weighted by atomic mass is 9.99. The van der Waals surface area contributed by atoms with Gasteiger partial charge in [-0.1, -0.05) is 48.5 Å². The molecule has 0 bridgehead atoms. The zero-order valence-corrected chi connectivity index (χ0v) is 18.1. The first kappa shape index (κ1) is 22.2. The Kier molecular flexibility index (Phi) is 6.14. The molecule has 0 aromatic heterocycles.